The van der Waals surface area contributed by atoms with Gasteiger partial charge in [0.1, 0.15) is 35.5 Å². The molecule has 4 aromatic heterocycles. The summed E-state index contributed by atoms with van der Waals surface area (Å²) >= 11 is 0. The molecule has 0 spiro atoms. The molecule has 1 aliphatic rings. The second-order valence-electron chi connectivity index (χ2n) is 8.11. The van der Waals surface area contributed by atoms with E-state index in [2.05, 4.69) is 30.7 Å². The smallest absolute Gasteiger partial charge is 0.242 e. The molecule has 1 amide bonds. The number of piperazine rings is 1. The zero-order valence-corrected chi connectivity index (χ0v) is 18.8. The Labute approximate surface area is 199 Å². The topological polar surface area (TPSA) is 122 Å². The van der Waals surface area contributed by atoms with Crippen molar-refractivity contribution < 1.29 is 9.53 Å². The molecule has 1 fully saturated rings. The van der Waals surface area contributed by atoms with Gasteiger partial charge in [-0.1, -0.05) is 0 Å². The number of aryl methyl sites for hydroxylation is 1. The van der Waals surface area contributed by atoms with Crippen LogP contribution in [0.15, 0.2) is 61.3 Å². The van der Waals surface area contributed by atoms with E-state index in [0.717, 1.165) is 23.5 Å². The second-order valence-corrected chi connectivity index (χ2v) is 8.11. The third kappa shape index (κ3) is 4.08. The highest BCUT2D eigenvalue weighted by atomic mass is 16.5. The van der Waals surface area contributed by atoms with Crippen LogP contribution in [-0.2, 0) is 4.79 Å². The number of amides is 1. The molecule has 0 aliphatic carbocycles. The molecule has 11 nitrogen and oxygen atoms in total. The Balaban J connectivity index is 1.26. The second kappa shape index (κ2) is 8.61. The Kier molecular flexibility index (Phi) is 5.15. The van der Waals surface area contributed by atoms with Gasteiger partial charge in [-0.3, -0.25) is 9.69 Å². The number of nitrogens with one attached hydrogen (secondary N) is 2. The molecule has 1 aromatic carbocycles. The standard InChI is InChI=1S/C24H21N9O2/c1-15-10-16(2-4-19(15)35-17-6-8-33-21(11-17)27-14-29-33)30-24-23-18(26-13-28-24)3-5-20(31-23)32-9-7-25-12-22(32)34/h2-6,8,10-11,13-14,25H,7,9,12H2,1H3,(H,26,28,30). The van der Waals surface area contributed by atoms with Crippen LogP contribution >= 0.6 is 0 Å². The fraction of sp³-hybridized carbons (Fsp3) is 0.167. The molecule has 0 bridgehead atoms. The summed E-state index contributed by atoms with van der Waals surface area (Å²) in [6, 6.07) is 13.1. The number of pyridine rings is 2. The number of hydrogen-bond acceptors (Lipinski definition) is 9. The predicted octanol–water partition coefficient (Wildman–Crippen LogP) is 2.85. The molecule has 11 heteroatoms. The van der Waals surface area contributed by atoms with Crippen LogP contribution in [-0.4, -0.2) is 55.1 Å². The van der Waals surface area contributed by atoms with E-state index >= 15 is 0 Å². The minimum atomic E-state index is -0.0103. The normalized spacial score (nSPS) is 14.0. The van der Waals surface area contributed by atoms with Gasteiger partial charge in [0.05, 0.1) is 12.1 Å². The summed E-state index contributed by atoms with van der Waals surface area (Å²) in [4.78, 5) is 31.6. The number of nitrogens with zero attached hydrogens (tertiary/aromatic N) is 7. The third-order valence-corrected chi connectivity index (χ3v) is 5.75. The molecule has 0 radical (unpaired) electrons. The van der Waals surface area contributed by atoms with Crippen LogP contribution in [0, 0.1) is 6.92 Å². The molecule has 5 aromatic rings. The Morgan fingerprint density at radius 1 is 1.06 bits per heavy atom. The Morgan fingerprint density at radius 2 is 2.00 bits per heavy atom. The molecule has 5 heterocycles. The minimum absolute atomic E-state index is 0.0103. The number of benzene rings is 1. The Bertz CT molecular complexity index is 1570. The summed E-state index contributed by atoms with van der Waals surface area (Å²) in [7, 11) is 0. The number of carbonyl (C=O) groups is 1. The van der Waals surface area contributed by atoms with Crippen LogP contribution in [0.5, 0.6) is 11.5 Å². The van der Waals surface area contributed by atoms with Crippen LogP contribution in [0.3, 0.4) is 0 Å². The maximum Gasteiger partial charge on any atom is 0.242 e. The maximum atomic E-state index is 12.3. The monoisotopic (exact) mass is 467 g/mol. The molecule has 1 saturated heterocycles. The van der Waals surface area contributed by atoms with Crippen molar-refractivity contribution in [1.82, 2.24) is 34.9 Å². The number of aromatic nitrogens is 6. The van der Waals surface area contributed by atoms with E-state index in [1.165, 1.54) is 12.7 Å². The first-order chi connectivity index (χ1) is 17.1. The van der Waals surface area contributed by atoms with Crippen molar-refractivity contribution in [2.45, 2.75) is 6.92 Å². The molecule has 0 saturated carbocycles. The number of rotatable bonds is 5. The zero-order valence-electron chi connectivity index (χ0n) is 18.8. The summed E-state index contributed by atoms with van der Waals surface area (Å²) < 4.78 is 7.74. The molecule has 35 heavy (non-hydrogen) atoms. The van der Waals surface area contributed by atoms with Gasteiger partial charge < -0.3 is 15.4 Å². The van der Waals surface area contributed by atoms with E-state index in [1.807, 2.05) is 49.4 Å². The minimum Gasteiger partial charge on any atom is -0.457 e. The summed E-state index contributed by atoms with van der Waals surface area (Å²) in [6.07, 6.45) is 4.80. The van der Waals surface area contributed by atoms with Gasteiger partial charge in [-0.25, -0.2) is 24.5 Å². The highest BCUT2D eigenvalue weighted by Crippen LogP contribution is 2.30. The number of fused-ring (bicyclic) bond motifs is 2. The summed E-state index contributed by atoms with van der Waals surface area (Å²) in [5, 5.41) is 10.5. The third-order valence-electron chi connectivity index (χ3n) is 5.75. The molecule has 6 rings (SSSR count). The van der Waals surface area contributed by atoms with E-state index in [0.29, 0.717) is 47.2 Å². The van der Waals surface area contributed by atoms with Crippen LogP contribution in [0.1, 0.15) is 5.56 Å². The van der Waals surface area contributed by atoms with Crippen molar-refractivity contribution >= 4 is 39.9 Å². The van der Waals surface area contributed by atoms with Crippen LogP contribution < -0.4 is 20.3 Å². The van der Waals surface area contributed by atoms with E-state index in [-0.39, 0.29) is 5.91 Å². The van der Waals surface area contributed by atoms with E-state index in [9.17, 15) is 4.79 Å². The lowest BCUT2D eigenvalue weighted by Crippen LogP contribution is -2.48. The van der Waals surface area contributed by atoms with Crippen molar-refractivity contribution in [3.63, 3.8) is 0 Å². The van der Waals surface area contributed by atoms with Crippen molar-refractivity contribution in [3.8, 4) is 11.5 Å². The SMILES string of the molecule is Cc1cc(Nc2ncnc3ccc(N4CCNCC4=O)nc23)ccc1Oc1ccn2ncnc2c1. The lowest BCUT2D eigenvalue weighted by Gasteiger charge is -2.26. The first kappa shape index (κ1) is 20.9. The number of carbonyl (C=O) groups excluding carboxylic acids is 1. The fourth-order valence-corrected chi connectivity index (χ4v) is 3.99. The average molecular weight is 467 g/mol. The molecular weight excluding hydrogens is 446 g/mol. The van der Waals surface area contributed by atoms with Gasteiger partial charge in [-0.15, -0.1) is 0 Å². The van der Waals surface area contributed by atoms with Gasteiger partial charge in [0.15, 0.2) is 11.5 Å². The van der Waals surface area contributed by atoms with Crippen molar-refractivity contribution in [1.29, 1.82) is 0 Å². The largest absolute Gasteiger partial charge is 0.457 e. The summed E-state index contributed by atoms with van der Waals surface area (Å²) in [6.45, 7) is 3.57. The van der Waals surface area contributed by atoms with Crippen molar-refractivity contribution in [2.75, 3.05) is 29.9 Å². The van der Waals surface area contributed by atoms with Crippen LogP contribution in [0.25, 0.3) is 16.7 Å². The van der Waals surface area contributed by atoms with E-state index in [1.54, 1.807) is 15.6 Å². The maximum absolute atomic E-state index is 12.3. The zero-order chi connectivity index (χ0) is 23.8. The molecule has 0 atom stereocenters. The Hall–Kier alpha value is -4.64. The molecule has 0 unspecified atom stereocenters. The van der Waals surface area contributed by atoms with Crippen molar-refractivity contribution in [2.24, 2.45) is 0 Å². The average Bonchev–Trinajstić information content (AvgIpc) is 3.34. The Morgan fingerprint density at radius 3 is 2.89 bits per heavy atom. The van der Waals surface area contributed by atoms with Gasteiger partial charge in [0, 0.05) is 31.0 Å². The highest BCUT2D eigenvalue weighted by Gasteiger charge is 2.21. The lowest BCUT2D eigenvalue weighted by atomic mass is 10.2. The van der Waals surface area contributed by atoms with Gasteiger partial charge in [0.25, 0.3) is 0 Å². The van der Waals surface area contributed by atoms with E-state index < -0.39 is 0 Å². The number of hydrogen-bond donors (Lipinski definition) is 2. The first-order valence-corrected chi connectivity index (χ1v) is 11.1. The van der Waals surface area contributed by atoms with Crippen LogP contribution in [0.2, 0.25) is 0 Å². The predicted molar refractivity (Wildman–Crippen MR) is 130 cm³/mol. The molecule has 2 N–H and O–H groups in total. The van der Waals surface area contributed by atoms with Crippen molar-refractivity contribution in [3.05, 3.63) is 66.9 Å². The van der Waals surface area contributed by atoms with Crippen LogP contribution in [0.4, 0.5) is 17.3 Å². The molecule has 174 valence electrons. The highest BCUT2D eigenvalue weighted by molar-refractivity contribution is 5.96. The fourth-order valence-electron chi connectivity index (χ4n) is 3.99. The summed E-state index contributed by atoms with van der Waals surface area (Å²) in [5.74, 6) is 2.54. The number of anilines is 3. The molecule has 1 aliphatic heterocycles. The van der Waals surface area contributed by atoms with Gasteiger partial charge >= 0.3 is 0 Å². The van der Waals surface area contributed by atoms with Gasteiger partial charge in [-0.2, -0.15) is 5.10 Å². The first-order valence-electron chi connectivity index (χ1n) is 11.1. The quantitative estimate of drug-likeness (QED) is 0.402. The van der Waals surface area contributed by atoms with Gasteiger partial charge in [-0.05, 0) is 48.9 Å². The lowest BCUT2D eigenvalue weighted by molar-refractivity contribution is -0.118. The number of ether oxygens (including phenoxy) is 1. The van der Waals surface area contributed by atoms with E-state index in [4.69, 9.17) is 9.72 Å². The van der Waals surface area contributed by atoms with Gasteiger partial charge in [0.2, 0.25) is 5.91 Å². The molecular formula is C24H21N9O2. The summed E-state index contributed by atoms with van der Waals surface area (Å²) in [5.41, 5.74) is 3.76.